The van der Waals surface area contributed by atoms with Crippen LogP contribution in [0.2, 0.25) is 5.02 Å². The Morgan fingerprint density at radius 1 is 1.18 bits per heavy atom. The standard InChI is InChI=1S/C18H27ClN2O/c19-16-4-2-1-3-15(16)17(22)13-21-14-5-7-18(8-6-14)9-11-20-12-10-18/h1-4,14,17,20-22H,5-13H2. The van der Waals surface area contributed by atoms with Crippen molar-refractivity contribution in [3.63, 3.8) is 0 Å². The third-order valence-electron chi connectivity index (χ3n) is 5.57. The summed E-state index contributed by atoms with van der Waals surface area (Å²) in [5, 5.41) is 18.0. The highest BCUT2D eigenvalue weighted by Gasteiger charge is 2.36. The third kappa shape index (κ3) is 3.83. The van der Waals surface area contributed by atoms with Gasteiger partial charge in [-0.2, -0.15) is 0 Å². The van der Waals surface area contributed by atoms with Gasteiger partial charge in [-0.05, 0) is 63.1 Å². The van der Waals surface area contributed by atoms with Gasteiger partial charge in [-0.1, -0.05) is 29.8 Å². The van der Waals surface area contributed by atoms with Crippen LogP contribution in [0.4, 0.5) is 0 Å². The fourth-order valence-corrected chi connectivity index (χ4v) is 4.29. The summed E-state index contributed by atoms with van der Waals surface area (Å²) in [7, 11) is 0. The normalized spacial score (nSPS) is 23.5. The van der Waals surface area contributed by atoms with Crippen molar-refractivity contribution in [2.45, 2.75) is 50.7 Å². The third-order valence-corrected chi connectivity index (χ3v) is 5.92. The van der Waals surface area contributed by atoms with Gasteiger partial charge in [-0.25, -0.2) is 0 Å². The Balaban J connectivity index is 1.46. The minimum absolute atomic E-state index is 0.525. The number of hydrogen-bond acceptors (Lipinski definition) is 3. The van der Waals surface area contributed by atoms with Crippen molar-refractivity contribution in [2.75, 3.05) is 19.6 Å². The second-order valence-electron chi connectivity index (χ2n) is 6.97. The lowest BCUT2D eigenvalue weighted by atomic mass is 9.67. The Labute approximate surface area is 138 Å². The lowest BCUT2D eigenvalue weighted by Crippen LogP contribution is -2.43. The van der Waals surface area contributed by atoms with E-state index in [9.17, 15) is 5.11 Å². The number of rotatable bonds is 4. The highest BCUT2D eigenvalue weighted by Crippen LogP contribution is 2.43. The van der Waals surface area contributed by atoms with Crippen molar-refractivity contribution in [2.24, 2.45) is 5.41 Å². The van der Waals surface area contributed by atoms with Crippen molar-refractivity contribution >= 4 is 11.6 Å². The largest absolute Gasteiger partial charge is 0.387 e. The zero-order chi connectivity index (χ0) is 15.4. The van der Waals surface area contributed by atoms with Gasteiger partial charge < -0.3 is 15.7 Å². The zero-order valence-corrected chi connectivity index (χ0v) is 13.9. The van der Waals surface area contributed by atoms with Crippen LogP contribution in [0.5, 0.6) is 0 Å². The van der Waals surface area contributed by atoms with E-state index in [1.807, 2.05) is 24.3 Å². The molecule has 2 fully saturated rings. The molecule has 3 N–H and O–H groups in total. The molecule has 22 heavy (non-hydrogen) atoms. The molecule has 1 saturated carbocycles. The van der Waals surface area contributed by atoms with E-state index < -0.39 is 6.10 Å². The molecule has 122 valence electrons. The van der Waals surface area contributed by atoms with E-state index in [1.54, 1.807) is 0 Å². The van der Waals surface area contributed by atoms with Gasteiger partial charge in [0, 0.05) is 23.2 Å². The second kappa shape index (κ2) is 7.31. The number of hydrogen-bond donors (Lipinski definition) is 3. The molecular weight excluding hydrogens is 296 g/mol. The van der Waals surface area contributed by atoms with Crippen LogP contribution in [0.3, 0.4) is 0 Å². The predicted octanol–water partition coefficient (Wildman–Crippen LogP) is 3.28. The average Bonchev–Trinajstić information content (AvgIpc) is 2.55. The molecular formula is C18H27ClN2O. The lowest BCUT2D eigenvalue weighted by Gasteiger charge is -2.43. The van der Waals surface area contributed by atoms with Crippen LogP contribution >= 0.6 is 11.6 Å². The minimum atomic E-state index is -0.525. The average molecular weight is 323 g/mol. The monoisotopic (exact) mass is 322 g/mol. The first-order valence-corrected chi connectivity index (χ1v) is 8.93. The van der Waals surface area contributed by atoms with Crippen LogP contribution in [0.1, 0.15) is 50.2 Å². The Morgan fingerprint density at radius 3 is 2.55 bits per heavy atom. The Bertz CT molecular complexity index is 478. The molecule has 1 atom stereocenters. The van der Waals surface area contributed by atoms with Gasteiger partial charge in [0.2, 0.25) is 0 Å². The molecule has 0 bridgehead atoms. The highest BCUT2D eigenvalue weighted by molar-refractivity contribution is 6.31. The minimum Gasteiger partial charge on any atom is -0.387 e. The lowest BCUT2D eigenvalue weighted by molar-refractivity contribution is 0.107. The number of aliphatic hydroxyl groups excluding tert-OH is 1. The van der Waals surface area contributed by atoms with E-state index in [0.717, 1.165) is 5.56 Å². The van der Waals surface area contributed by atoms with Crippen LogP contribution in [0.15, 0.2) is 24.3 Å². The summed E-state index contributed by atoms with van der Waals surface area (Å²) in [6.07, 6.45) is 7.26. The first-order chi connectivity index (χ1) is 10.7. The smallest absolute Gasteiger partial charge is 0.0928 e. The molecule has 1 unspecified atom stereocenters. The molecule has 1 spiro atoms. The fraction of sp³-hybridized carbons (Fsp3) is 0.667. The molecule has 4 heteroatoms. The van der Waals surface area contributed by atoms with E-state index in [1.165, 1.54) is 51.6 Å². The number of benzene rings is 1. The maximum absolute atomic E-state index is 10.3. The van der Waals surface area contributed by atoms with Crippen molar-refractivity contribution in [1.82, 2.24) is 10.6 Å². The first-order valence-electron chi connectivity index (χ1n) is 8.55. The van der Waals surface area contributed by atoms with Gasteiger partial charge in [0.05, 0.1) is 6.10 Å². The maximum atomic E-state index is 10.3. The Hall–Kier alpha value is -0.610. The summed E-state index contributed by atoms with van der Waals surface area (Å²) in [6, 6.07) is 8.09. The van der Waals surface area contributed by atoms with Crippen molar-refractivity contribution in [1.29, 1.82) is 0 Å². The first kappa shape index (κ1) is 16.3. The van der Waals surface area contributed by atoms with E-state index in [0.29, 0.717) is 23.0 Å². The summed E-state index contributed by atoms with van der Waals surface area (Å²) in [5.41, 5.74) is 1.42. The Kier molecular flexibility index (Phi) is 5.40. The van der Waals surface area contributed by atoms with Gasteiger partial charge >= 0.3 is 0 Å². The maximum Gasteiger partial charge on any atom is 0.0928 e. The Morgan fingerprint density at radius 2 is 1.86 bits per heavy atom. The number of piperidine rings is 1. The molecule has 1 heterocycles. The predicted molar refractivity (Wildman–Crippen MR) is 91.2 cm³/mol. The SMILES string of the molecule is OC(CNC1CCC2(CCNCC2)CC1)c1ccccc1Cl. The van der Waals surface area contributed by atoms with Gasteiger partial charge in [-0.15, -0.1) is 0 Å². The number of halogens is 1. The molecule has 0 amide bonds. The van der Waals surface area contributed by atoms with E-state index in [2.05, 4.69) is 10.6 Å². The van der Waals surface area contributed by atoms with Crippen LogP contribution in [0, 0.1) is 5.41 Å². The summed E-state index contributed by atoms with van der Waals surface area (Å²) in [6.45, 7) is 2.95. The highest BCUT2D eigenvalue weighted by atomic mass is 35.5. The van der Waals surface area contributed by atoms with Crippen molar-refractivity contribution < 1.29 is 5.11 Å². The molecule has 1 saturated heterocycles. The van der Waals surface area contributed by atoms with Crippen LogP contribution in [0.25, 0.3) is 0 Å². The van der Waals surface area contributed by atoms with E-state index in [-0.39, 0.29) is 0 Å². The summed E-state index contributed by atoms with van der Waals surface area (Å²) < 4.78 is 0. The molecule has 0 radical (unpaired) electrons. The summed E-state index contributed by atoms with van der Waals surface area (Å²) in [5.74, 6) is 0. The van der Waals surface area contributed by atoms with Crippen LogP contribution in [-0.2, 0) is 0 Å². The number of nitrogens with one attached hydrogen (secondary N) is 2. The number of aliphatic hydroxyl groups is 1. The molecule has 2 aliphatic rings. The van der Waals surface area contributed by atoms with Gasteiger partial charge in [0.15, 0.2) is 0 Å². The van der Waals surface area contributed by atoms with E-state index >= 15 is 0 Å². The zero-order valence-electron chi connectivity index (χ0n) is 13.2. The molecule has 1 aliphatic heterocycles. The summed E-state index contributed by atoms with van der Waals surface area (Å²) >= 11 is 6.14. The molecule has 1 aromatic rings. The quantitative estimate of drug-likeness (QED) is 0.797. The van der Waals surface area contributed by atoms with Gasteiger partial charge in [0.25, 0.3) is 0 Å². The van der Waals surface area contributed by atoms with Crippen LogP contribution in [-0.4, -0.2) is 30.8 Å². The van der Waals surface area contributed by atoms with Crippen molar-refractivity contribution in [3.05, 3.63) is 34.9 Å². The second-order valence-corrected chi connectivity index (χ2v) is 7.38. The molecule has 3 nitrogen and oxygen atoms in total. The van der Waals surface area contributed by atoms with E-state index in [4.69, 9.17) is 11.6 Å². The fourth-order valence-electron chi connectivity index (χ4n) is 4.02. The topological polar surface area (TPSA) is 44.3 Å². The molecule has 3 rings (SSSR count). The molecule has 1 aliphatic carbocycles. The molecule has 0 aromatic heterocycles. The summed E-state index contributed by atoms with van der Waals surface area (Å²) in [4.78, 5) is 0. The van der Waals surface area contributed by atoms with Gasteiger partial charge in [-0.3, -0.25) is 0 Å². The van der Waals surface area contributed by atoms with Crippen molar-refractivity contribution in [3.8, 4) is 0 Å². The molecule has 1 aromatic carbocycles. The van der Waals surface area contributed by atoms with Crippen LogP contribution < -0.4 is 10.6 Å². The van der Waals surface area contributed by atoms with Gasteiger partial charge in [0.1, 0.15) is 0 Å².